The van der Waals surface area contributed by atoms with E-state index in [1.807, 2.05) is 0 Å². The van der Waals surface area contributed by atoms with E-state index in [-0.39, 0.29) is 6.10 Å². The van der Waals surface area contributed by atoms with Gasteiger partial charge in [-0.15, -0.1) is 0 Å². The summed E-state index contributed by atoms with van der Waals surface area (Å²) in [5, 5.41) is 10.2. The van der Waals surface area contributed by atoms with Crippen molar-refractivity contribution in [3.8, 4) is 0 Å². The Kier molecular flexibility index (Phi) is 5.32. The molecule has 0 saturated heterocycles. The number of rotatable bonds is 4. The van der Waals surface area contributed by atoms with Crippen LogP contribution in [-0.4, -0.2) is 11.2 Å². The Hall–Kier alpha value is -0.300. The molecule has 1 unspecified atom stereocenters. The number of fused-ring (bicyclic) bond motifs is 5. The number of hydrogen-bond donors (Lipinski definition) is 1. The lowest BCUT2D eigenvalue weighted by Crippen LogP contribution is -2.50. The first-order valence-electron chi connectivity index (χ1n) is 12.1. The predicted octanol–water partition coefficient (Wildman–Crippen LogP) is 7.00. The van der Waals surface area contributed by atoms with Gasteiger partial charge < -0.3 is 5.11 Å². The molecule has 4 aliphatic carbocycles. The van der Waals surface area contributed by atoms with Crippen LogP contribution in [0.1, 0.15) is 98.8 Å². The van der Waals surface area contributed by atoms with Crippen molar-refractivity contribution in [2.75, 3.05) is 0 Å². The van der Waals surface area contributed by atoms with Crippen LogP contribution in [0.5, 0.6) is 0 Å². The Bertz CT molecular complexity index is 577. The molecule has 27 heavy (non-hydrogen) atoms. The van der Waals surface area contributed by atoms with E-state index in [4.69, 9.17) is 0 Å². The molecular weight excluding hydrogens is 328 g/mol. The third kappa shape index (κ3) is 3.24. The fourth-order valence-electron chi connectivity index (χ4n) is 8.41. The molecule has 0 spiro atoms. The molecule has 4 aliphatic rings. The number of allylic oxidation sites excluding steroid dienone is 1. The number of aliphatic hydroxyl groups is 1. The molecule has 3 saturated carbocycles. The summed E-state index contributed by atoms with van der Waals surface area (Å²) in [5.41, 5.74) is 2.60. The molecule has 0 amide bonds. The van der Waals surface area contributed by atoms with Crippen LogP contribution in [0.25, 0.3) is 0 Å². The van der Waals surface area contributed by atoms with Gasteiger partial charge in [-0.2, -0.15) is 0 Å². The summed E-state index contributed by atoms with van der Waals surface area (Å²) in [6.07, 6.45) is 15.7. The van der Waals surface area contributed by atoms with Crippen LogP contribution in [0.4, 0.5) is 0 Å². The Morgan fingerprint density at radius 3 is 2.52 bits per heavy atom. The van der Waals surface area contributed by atoms with Crippen LogP contribution in [0, 0.1) is 46.3 Å². The van der Waals surface area contributed by atoms with E-state index in [9.17, 15) is 5.11 Å². The van der Waals surface area contributed by atoms with E-state index < -0.39 is 0 Å². The zero-order valence-electron chi connectivity index (χ0n) is 18.6. The minimum atomic E-state index is -0.0765. The first-order chi connectivity index (χ1) is 12.8. The van der Waals surface area contributed by atoms with E-state index in [1.54, 1.807) is 5.57 Å². The molecule has 0 aliphatic heterocycles. The lowest BCUT2D eigenvalue weighted by molar-refractivity contribution is -0.0574. The second kappa shape index (κ2) is 7.19. The molecule has 0 bridgehead atoms. The van der Waals surface area contributed by atoms with Gasteiger partial charge in [-0.25, -0.2) is 0 Å². The van der Waals surface area contributed by atoms with Crippen LogP contribution >= 0.6 is 0 Å². The van der Waals surface area contributed by atoms with Crippen LogP contribution < -0.4 is 0 Å². The summed E-state index contributed by atoms with van der Waals surface area (Å²) in [4.78, 5) is 0. The van der Waals surface area contributed by atoms with Crippen molar-refractivity contribution in [2.45, 2.75) is 105 Å². The first kappa shape index (κ1) is 20.0. The molecule has 1 heteroatoms. The van der Waals surface area contributed by atoms with Gasteiger partial charge in [-0.05, 0) is 97.7 Å². The normalized spacial score (nSPS) is 47.8. The number of aliphatic hydroxyl groups excluding tert-OH is 1. The van der Waals surface area contributed by atoms with Crippen molar-refractivity contribution >= 4 is 0 Å². The van der Waals surface area contributed by atoms with Gasteiger partial charge in [0.1, 0.15) is 0 Å². The van der Waals surface area contributed by atoms with Crippen molar-refractivity contribution in [3.05, 3.63) is 11.6 Å². The quantitative estimate of drug-likeness (QED) is 0.527. The molecule has 0 aromatic carbocycles. The fraction of sp³-hybridized carbons (Fsp3) is 0.923. The van der Waals surface area contributed by atoms with Gasteiger partial charge in [0.25, 0.3) is 0 Å². The van der Waals surface area contributed by atoms with Gasteiger partial charge in [0.2, 0.25) is 0 Å². The van der Waals surface area contributed by atoms with Crippen molar-refractivity contribution in [1.29, 1.82) is 0 Å². The Labute approximate surface area is 168 Å². The van der Waals surface area contributed by atoms with Gasteiger partial charge in [0, 0.05) is 0 Å². The standard InChI is InChI=1S/C26H44O/c1-17(2)6-7-18(3)22-10-11-23-21-9-8-19-16-20(27)12-14-25(19,4)24(21)13-15-26(22,23)5/h8,17-18,20-24,27H,6-7,9-16H2,1-5H3/t18-,20+,21?,22-,23+,24+,25+,26-/m1/s1. The highest BCUT2D eigenvalue weighted by molar-refractivity contribution is 5.25. The molecular formula is C26H44O. The fourth-order valence-corrected chi connectivity index (χ4v) is 8.41. The molecule has 1 nitrogen and oxygen atoms in total. The van der Waals surface area contributed by atoms with Gasteiger partial charge in [0.15, 0.2) is 0 Å². The summed E-state index contributed by atoms with van der Waals surface area (Å²) in [6, 6.07) is 0. The monoisotopic (exact) mass is 372 g/mol. The molecule has 0 heterocycles. The highest BCUT2D eigenvalue weighted by Gasteiger charge is 2.59. The second-order valence-electron chi connectivity index (χ2n) is 11.8. The summed E-state index contributed by atoms with van der Waals surface area (Å²) in [5.74, 6) is 5.44. The van der Waals surface area contributed by atoms with E-state index in [0.717, 1.165) is 48.3 Å². The van der Waals surface area contributed by atoms with Crippen molar-refractivity contribution in [2.24, 2.45) is 46.3 Å². The van der Waals surface area contributed by atoms with Crippen LogP contribution in [-0.2, 0) is 0 Å². The topological polar surface area (TPSA) is 20.2 Å². The zero-order valence-corrected chi connectivity index (χ0v) is 18.6. The SMILES string of the molecule is CC(C)CC[C@@H](C)[C@H]1CC[C@H]2C3CC=C4C[C@@H](O)CC[C@]4(C)[C@H]3CC[C@]12C. The van der Waals surface area contributed by atoms with Gasteiger partial charge in [0.05, 0.1) is 6.10 Å². The van der Waals surface area contributed by atoms with E-state index in [1.165, 1.54) is 51.4 Å². The van der Waals surface area contributed by atoms with Crippen LogP contribution in [0.15, 0.2) is 11.6 Å². The number of hydrogen-bond acceptors (Lipinski definition) is 1. The molecule has 0 aromatic heterocycles. The van der Waals surface area contributed by atoms with Crippen LogP contribution in [0.3, 0.4) is 0 Å². The Morgan fingerprint density at radius 1 is 1.00 bits per heavy atom. The maximum Gasteiger partial charge on any atom is 0.0577 e. The van der Waals surface area contributed by atoms with Gasteiger partial charge in [-0.3, -0.25) is 0 Å². The van der Waals surface area contributed by atoms with Crippen molar-refractivity contribution in [3.63, 3.8) is 0 Å². The minimum Gasteiger partial charge on any atom is -0.393 e. The average Bonchev–Trinajstić information content (AvgIpc) is 2.97. The minimum absolute atomic E-state index is 0.0765. The van der Waals surface area contributed by atoms with E-state index in [2.05, 4.69) is 40.7 Å². The smallest absolute Gasteiger partial charge is 0.0577 e. The second-order valence-corrected chi connectivity index (χ2v) is 11.8. The Morgan fingerprint density at radius 2 is 1.78 bits per heavy atom. The summed E-state index contributed by atoms with van der Waals surface area (Å²) in [6.45, 7) is 12.6. The third-order valence-corrected chi connectivity index (χ3v) is 10.0. The summed E-state index contributed by atoms with van der Waals surface area (Å²) >= 11 is 0. The highest BCUT2D eigenvalue weighted by Crippen LogP contribution is 2.67. The molecule has 154 valence electrons. The largest absolute Gasteiger partial charge is 0.393 e. The maximum atomic E-state index is 10.2. The van der Waals surface area contributed by atoms with Gasteiger partial charge >= 0.3 is 0 Å². The molecule has 8 atom stereocenters. The maximum absolute atomic E-state index is 10.2. The van der Waals surface area contributed by atoms with E-state index in [0.29, 0.717) is 10.8 Å². The third-order valence-electron chi connectivity index (χ3n) is 10.0. The summed E-state index contributed by atoms with van der Waals surface area (Å²) < 4.78 is 0. The van der Waals surface area contributed by atoms with Crippen LogP contribution in [0.2, 0.25) is 0 Å². The first-order valence-corrected chi connectivity index (χ1v) is 12.1. The molecule has 3 fully saturated rings. The zero-order chi connectivity index (χ0) is 19.4. The molecule has 0 radical (unpaired) electrons. The van der Waals surface area contributed by atoms with Crippen molar-refractivity contribution < 1.29 is 5.11 Å². The van der Waals surface area contributed by atoms with Crippen molar-refractivity contribution in [1.82, 2.24) is 0 Å². The lowest BCUT2D eigenvalue weighted by Gasteiger charge is -2.58. The lowest BCUT2D eigenvalue weighted by atomic mass is 9.47. The predicted molar refractivity (Wildman–Crippen MR) is 114 cm³/mol. The molecule has 1 N–H and O–H groups in total. The molecule has 0 aromatic rings. The Balaban J connectivity index is 1.53. The highest BCUT2D eigenvalue weighted by atomic mass is 16.3. The average molecular weight is 373 g/mol. The summed E-state index contributed by atoms with van der Waals surface area (Å²) in [7, 11) is 0. The molecule has 4 rings (SSSR count). The van der Waals surface area contributed by atoms with Gasteiger partial charge in [-0.1, -0.05) is 59.1 Å². The van der Waals surface area contributed by atoms with E-state index >= 15 is 0 Å².